The first-order valence-corrected chi connectivity index (χ1v) is 7.66. The molecule has 126 valence electrons. The fourth-order valence-corrected chi connectivity index (χ4v) is 2.43. The number of hydrogen-bond acceptors (Lipinski definition) is 7. The molecule has 1 N–H and O–H groups in total. The van der Waals surface area contributed by atoms with E-state index < -0.39 is 4.92 Å². The van der Waals surface area contributed by atoms with Gasteiger partial charge in [0.1, 0.15) is 18.1 Å². The van der Waals surface area contributed by atoms with Gasteiger partial charge in [0.15, 0.2) is 0 Å². The molecule has 0 bridgehead atoms. The first-order chi connectivity index (χ1) is 11.6. The Bertz CT molecular complexity index is 732. The fourth-order valence-electron chi connectivity index (χ4n) is 2.43. The van der Waals surface area contributed by atoms with Gasteiger partial charge in [-0.2, -0.15) is 0 Å². The first kappa shape index (κ1) is 16.1. The van der Waals surface area contributed by atoms with Gasteiger partial charge in [0.05, 0.1) is 18.1 Å². The normalized spacial score (nSPS) is 16.8. The Morgan fingerprint density at radius 1 is 1.46 bits per heavy atom. The molecule has 1 saturated heterocycles. The van der Waals surface area contributed by atoms with E-state index in [0.29, 0.717) is 24.8 Å². The van der Waals surface area contributed by atoms with Gasteiger partial charge in [-0.3, -0.25) is 10.1 Å². The molecule has 0 spiro atoms. The van der Waals surface area contributed by atoms with Gasteiger partial charge in [-0.1, -0.05) is 0 Å². The molecule has 0 saturated carbocycles. The number of ether oxygens (including phenoxy) is 2. The molecular weight excluding hydrogens is 312 g/mol. The van der Waals surface area contributed by atoms with E-state index in [-0.39, 0.29) is 11.8 Å². The molecule has 3 rings (SSSR count). The van der Waals surface area contributed by atoms with Crippen molar-refractivity contribution in [1.82, 2.24) is 9.97 Å². The second-order valence-electron chi connectivity index (χ2n) is 5.58. The van der Waals surface area contributed by atoms with Crippen LogP contribution in [-0.4, -0.2) is 34.2 Å². The number of aryl methyl sites for hydroxylation is 1. The van der Waals surface area contributed by atoms with Crippen molar-refractivity contribution in [1.29, 1.82) is 0 Å². The van der Waals surface area contributed by atoms with Crippen LogP contribution in [0.25, 0.3) is 0 Å². The van der Waals surface area contributed by atoms with E-state index in [1.807, 2.05) is 12.1 Å². The minimum absolute atomic E-state index is 0.0172. The highest BCUT2D eigenvalue weighted by molar-refractivity contribution is 5.48. The summed E-state index contributed by atoms with van der Waals surface area (Å²) in [5, 5.41) is 13.9. The minimum Gasteiger partial charge on any atom is -0.472 e. The number of anilines is 1. The molecule has 1 aliphatic heterocycles. The Morgan fingerprint density at radius 2 is 2.33 bits per heavy atom. The van der Waals surface area contributed by atoms with Gasteiger partial charge >= 0.3 is 0 Å². The molecular formula is C16H18N4O4. The van der Waals surface area contributed by atoms with E-state index >= 15 is 0 Å². The Hall–Kier alpha value is -2.74. The molecule has 0 aliphatic carbocycles. The monoisotopic (exact) mass is 330 g/mol. The topological polar surface area (TPSA) is 99.4 Å². The Balaban J connectivity index is 1.63. The van der Waals surface area contributed by atoms with Gasteiger partial charge in [-0.05, 0) is 24.1 Å². The SMILES string of the molecule is Cc1cc([N+](=O)[O-])cnc1NCc1ccnc(OC2CCOC2)c1. The molecule has 8 heteroatoms. The van der Waals surface area contributed by atoms with Crippen molar-refractivity contribution in [2.75, 3.05) is 18.5 Å². The van der Waals surface area contributed by atoms with Crippen LogP contribution in [-0.2, 0) is 11.3 Å². The van der Waals surface area contributed by atoms with Crippen LogP contribution in [0.1, 0.15) is 17.5 Å². The maximum atomic E-state index is 10.7. The Morgan fingerprint density at radius 3 is 3.04 bits per heavy atom. The summed E-state index contributed by atoms with van der Waals surface area (Å²) in [6.45, 7) is 3.61. The predicted octanol–water partition coefficient (Wildman–Crippen LogP) is 2.47. The zero-order valence-electron chi connectivity index (χ0n) is 13.3. The van der Waals surface area contributed by atoms with Crippen molar-refractivity contribution in [3.8, 4) is 5.88 Å². The minimum atomic E-state index is -0.455. The molecule has 3 heterocycles. The molecule has 1 unspecified atom stereocenters. The maximum Gasteiger partial charge on any atom is 0.287 e. The van der Waals surface area contributed by atoms with Gasteiger partial charge < -0.3 is 14.8 Å². The number of nitrogens with zero attached hydrogens (tertiary/aromatic N) is 3. The first-order valence-electron chi connectivity index (χ1n) is 7.66. The summed E-state index contributed by atoms with van der Waals surface area (Å²) < 4.78 is 11.1. The third-order valence-electron chi connectivity index (χ3n) is 3.71. The number of nitrogens with one attached hydrogen (secondary N) is 1. The second-order valence-corrected chi connectivity index (χ2v) is 5.58. The Kier molecular flexibility index (Phi) is 4.85. The number of aromatic nitrogens is 2. The van der Waals surface area contributed by atoms with Gasteiger partial charge in [0, 0.05) is 31.3 Å². The second kappa shape index (κ2) is 7.22. The molecule has 1 atom stereocenters. The van der Waals surface area contributed by atoms with Crippen LogP contribution in [0.3, 0.4) is 0 Å². The fraction of sp³-hybridized carbons (Fsp3) is 0.375. The van der Waals surface area contributed by atoms with Crippen molar-refractivity contribution >= 4 is 11.5 Å². The summed E-state index contributed by atoms with van der Waals surface area (Å²) in [6.07, 6.45) is 3.87. The zero-order valence-corrected chi connectivity index (χ0v) is 13.3. The Labute approximate surface area is 139 Å². The lowest BCUT2D eigenvalue weighted by Crippen LogP contribution is -2.16. The molecule has 0 amide bonds. The number of hydrogen-bond donors (Lipinski definition) is 1. The van der Waals surface area contributed by atoms with Crippen molar-refractivity contribution in [3.63, 3.8) is 0 Å². The summed E-state index contributed by atoms with van der Waals surface area (Å²) in [6, 6.07) is 5.24. The van der Waals surface area contributed by atoms with Crippen molar-refractivity contribution in [2.24, 2.45) is 0 Å². The lowest BCUT2D eigenvalue weighted by molar-refractivity contribution is -0.385. The quantitative estimate of drug-likeness (QED) is 0.641. The molecule has 8 nitrogen and oxygen atoms in total. The third kappa shape index (κ3) is 3.96. The molecule has 2 aromatic rings. The molecule has 0 aromatic carbocycles. The van der Waals surface area contributed by atoms with Crippen molar-refractivity contribution in [3.05, 3.63) is 51.8 Å². The van der Waals surface area contributed by atoms with Crippen molar-refractivity contribution < 1.29 is 14.4 Å². The van der Waals surface area contributed by atoms with E-state index in [2.05, 4.69) is 15.3 Å². The van der Waals surface area contributed by atoms with E-state index in [0.717, 1.165) is 24.2 Å². The number of rotatable bonds is 6. The molecule has 1 aliphatic rings. The summed E-state index contributed by atoms with van der Waals surface area (Å²) in [7, 11) is 0. The molecule has 0 radical (unpaired) electrons. The summed E-state index contributed by atoms with van der Waals surface area (Å²) in [5.41, 5.74) is 1.69. The third-order valence-corrected chi connectivity index (χ3v) is 3.71. The van der Waals surface area contributed by atoms with Crippen LogP contribution < -0.4 is 10.1 Å². The van der Waals surface area contributed by atoms with E-state index in [1.165, 1.54) is 12.3 Å². The smallest absolute Gasteiger partial charge is 0.287 e. The van der Waals surface area contributed by atoms with Gasteiger partial charge in [0.25, 0.3) is 5.69 Å². The average molecular weight is 330 g/mol. The average Bonchev–Trinajstić information content (AvgIpc) is 3.07. The van der Waals surface area contributed by atoms with Crippen LogP contribution >= 0.6 is 0 Å². The van der Waals surface area contributed by atoms with E-state index in [1.54, 1.807) is 13.1 Å². The van der Waals surface area contributed by atoms with E-state index in [4.69, 9.17) is 9.47 Å². The molecule has 24 heavy (non-hydrogen) atoms. The summed E-state index contributed by atoms with van der Waals surface area (Å²) in [5.74, 6) is 1.18. The summed E-state index contributed by atoms with van der Waals surface area (Å²) >= 11 is 0. The maximum absolute atomic E-state index is 10.7. The van der Waals surface area contributed by atoms with Crippen LogP contribution in [0.15, 0.2) is 30.6 Å². The largest absolute Gasteiger partial charge is 0.472 e. The van der Waals surface area contributed by atoms with E-state index in [9.17, 15) is 10.1 Å². The molecule has 1 fully saturated rings. The van der Waals surface area contributed by atoms with Gasteiger partial charge in [-0.25, -0.2) is 9.97 Å². The lowest BCUT2D eigenvalue weighted by atomic mass is 10.2. The van der Waals surface area contributed by atoms with Crippen LogP contribution in [0.2, 0.25) is 0 Å². The highest BCUT2D eigenvalue weighted by atomic mass is 16.6. The van der Waals surface area contributed by atoms with Crippen molar-refractivity contribution in [2.45, 2.75) is 26.0 Å². The van der Waals surface area contributed by atoms with Gasteiger partial charge in [0.2, 0.25) is 5.88 Å². The van der Waals surface area contributed by atoms with Crippen LogP contribution in [0.4, 0.5) is 11.5 Å². The zero-order chi connectivity index (χ0) is 16.9. The summed E-state index contributed by atoms with van der Waals surface area (Å²) in [4.78, 5) is 18.6. The van der Waals surface area contributed by atoms with Gasteiger partial charge in [-0.15, -0.1) is 0 Å². The predicted molar refractivity (Wildman–Crippen MR) is 87.0 cm³/mol. The highest BCUT2D eigenvalue weighted by Gasteiger charge is 2.17. The standard InChI is InChI=1S/C16H18N4O4/c1-11-6-13(20(21)22)9-19-16(11)18-8-12-2-4-17-15(7-12)24-14-3-5-23-10-14/h2,4,6-7,9,14H,3,5,8,10H2,1H3,(H,18,19). The number of nitro groups is 1. The molecule has 2 aromatic heterocycles. The van der Waals surface area contributed by atoms with Crippen LogP contribution in [0.5, 0.6) is 5.88 Å². The lowest BCUT2D eigenvalue weighted by Gasteiger charge is -2.12. The van der Waals surface area contributed by atoms with Crippen LogP contribution in [0, 0.1) is 17.0 Å². The highest BCUT2D eigenvalue weighted by Crippen LogP contribution is 2.20. The number of pyridine rings is 2.